The lowest BCUT2D eigenvalue weighted by atomic mass is 9.88. The fourth-order valence-corrected chi connectivity index (χ4v) is 1.90. The molecule has 1 rings (SSSR count). The minimum atomic E-state index is -0.873. The second kappa shape index (κ2) is 4.08. The van der Waals surface area contributed by atoms with Crippen LogP contribution in [0.1, 0.15) is 26.7 Å². The third-order valence-electron chi connectivity index (χ3n) is 3.39. The lowest BCUT2D eigenvalue weighted by molar-refractivity contribution is -0.134. The molecule has 0 aromatic carbocycles. The van der Waals surface area contributed by atoms with Crippen molar-refractivity contribution in [3.63, 3.8) is 0 Å². The molecule has 0 spiro atoms. The zero-order valence-electron chi connectivity index (χ0n) is 9.49. The summed E-state index contributed by atoms with van der Waals surface area (Å²) >= 11 is 0. The van der Waals surface area contributed by atoms with Crippen molar-refractivity contribution >= 4 is 12.0 Å². The lowest BCUT2D eigenvalue weighted by Gasteiger charge is -2.44. The van der Waals surface area contributed by atoms with Crippen molar-refractivity contribution in [2.45, 2.75) is 32.2 Å². The smallest absolute Gasteiger partial charge is 0.407 e. The van der Waals surface area contributed by atoms with E-state index in [1.54, 1.807) is 11.9 Å². The van der Waals surface area contributed by atoms with Crippen molar-refractivity contribution in [2.75, 3.05) is 20.1 Å². The van der Waals surface area contributed by atoms with Crippen LogP contribution in [0.4, 0.5) is 4.79 Å². The zero-order valence-corrected chi connectivity index (χ0v) is 9.49. The molecular weight excluding hydrogens is 196 g/mol. The molecule has 15 heavy (non-hydrogen) atoms. The number of likely N-dealkylation sites (tertiary alicyclic amines) is 1. The Labute approximate surface area is 89.7 Å². The zero-order chi connectivity index (χ0) is 11.6. The molecule has 5 heteroatoms. The van der Waals surface area contributed by atoms with Crippen molar-refractivity contribution < 1.29 is 14.7 Å². The second-order valence-electron chi connectivity index (χ2n) is 4.34. The molecule has 0 bridgehead atoms. The quantitative estimate of drug-likeness (QED) is 0.708. The van der Waals surface area contributed by atoms with E-state index < -0.39 is 6.09 Å². The van der Waals surface area contributed by atoms with Crippen LogP contribution in [0.25, 0.3) is 0 Å². The predicted octanol–water partition coefficient (Wildman–Crippen LogP) is 0.997. The van der Waals surface area contributed by atoms with Gasteiger partial charge >= 0.3 is 6.09 Å². The van der Waals surface area contributed by atoms with E-state index in [4.69, 9.17) is 5.11 Å². The summed E-state index contributed by atoms with van der Waals surface area (Å²) in [5, 5.41) is 8.80. The van der Waals surface area contributed by atoms with Crippen LogP contribution in [0.5, 0.6) is 0 Å². The Hall–Kier alpha value is -1.26. The first kappa shape index (κ1) is 11.8. The van der Waals surface area contributed by atoms with Crippen LogP contribution in [0.3, 0.4) is 0 Å². The Balaban J connectivity index is 2.62. The molecule has 1 fully saturated rings. The number of carboxylic acid groups (broad SMARTS) is 1. The summed E-state index contributed by atoms with van der Waals surface area (Å²) in [5.41, 5.74) is -0.197. The van der Waals surface area contributed by atoms with Gasteiger partial charge in [0, 0.05) is 32.6 Å². The summed E-state index contributed by atoms with van der Waals surface area (Å²) in [6, 6.07) is 0. The average molecular weight is 214 g/mol. The van der Waals surface area contributed by atoms with E-state index >= 15 is 0 Å². The molecule has 1 aliphatic rings. The monoisotopic (exact) mass is 214 g/mol. The molecule has 1 saturated heterocycles. The highest BCUT2D eigenvalue weighted by molar-refractivity contribution is 5.74. The minimum absolute atomic E-state index is 0.0290. The van der Waals surface area contributed by atoms with Crippen molar-refractivity contribution in [3.05, 3.63) is 0 Å². The van der Waals surface area contributed by atoms with Gasteiger partial charge in [-0.1, -0.05) is 0 Å². The van der Waals surface area contributed by atoms with E-state index in [0.717, 1.165) is 0 Å². The third kappa shape index (κ3) is 2.40. The first-order valence-electron chi connectivity index (χ1n) is 5.09. The second-order valence-corrected chi connectivity index (χ2v) is 4.34. The van der Waals surface area contributed by atoms with Crippen LogP contribution in [0.2, 0.25) is 0 Å². The molecule has 1 aliphatic heterocycles. The summed E-state index contributed by atoms with van der Waals surface area (Å²) in [6.07, 6.45) is 0.535. The summed E-state index contributed by atoms with van der Waals surface area (Å²) in [5.74, 6) is 0.0290. The Morgan fingerprint density at radius 3 is 2.13 bits per heavy atom. The topological polar surface area (TPSA) is 60.9 Å². The molecular formula is C10H18N2O3. The summed E-state index contributed by atoms with van der Waals surface area (Å²) in [4.78, 5) is 25.1. The van der Waals surface area contributed by atoms with Gasteiger partial charge in [0.15, 0.2) is 0 Å². The average Bonchev–Trinajstić information content (AvgIpc) is 2.17. The standard InChI is InChI=1S/C10H18N2O3/c1-8(13)11(3)10(2)4-6-12(7-5-10)9(14)15/h4-7H2,1-3H3,(H,14,15). The molecule has 0 aromatic heterocycles. The number of nitrogens with zero attached hydrogens (tertiary/aromatic N) is 2. The van der Waals surface area contributed by atoms with Gasteiger partial charge in [-0.05, 0) is 19.8 Å². The Bertz CT molecular complexity index is 270. The van der Waals surface area contributed by atoms with Gasteiger partial charge in [-0.25, -0.2) is 4.79 Å². The number of hydrogen-bond donors (Lipinski definition) is 1. The van der Waals surface area contributed by atoms with Crippen LogP contribution in [0, 0.1) is 0 Å². The van der Waals surface area contributed by atoms with Crippen LogP contribution in [-0.2, 0) is 4.79 Å². The van der Waals surface area contributed by atoms with Crippen molar-refractivity contribution in [1.29, 1.82) is 0 Å². The molecule has 0 radical (unpaired) electrons. The van der Waals surface area contributed by atoms with Crippen molar-refractivity contribution in [3.8, 4) is 0 Å². The van der Waals surface area contributed by atoms with E-state index in [0.29, 0.717) is 25.9 Å². The van der Waals surface area contributed by atoms with Crippen LogP contribution >= 0.6 is 0 Å². The Morgan fingerprint density at radius 1 is 1.33 bits per heavy atom. The van der Waals surface area contributed by atoms with Gasteiger partial charge in [-0.2, -0.15) is 0 Å². The minimum Gasteiger partial charge on any atom is -0.465 e. The van der Waals surface area contributed by atoms with E-state index in [1.165, 1.54) is 11.8 Å². The largest absolute Gasteiger partial charge is 0.465 e. The molecule has 1 heterocycles. The van der Waals surface area contributed by atoms with Gasteiger partial charge in [0.05, 0.1) is 0 Å². The Morgan fingerprint density at radius 2 is 1.80 bits per heavy atom. The SMILES string of the molecule is CC(=O)N(C)C1(C)CCN(C(=O)O)CC1. The fourth-order valence-electron chi connectivity index (χ4n) is 1.90. The van der Waals surface area contributed by atoms with Gasteiger partial charge in [-0.15, -0.1) is 0 Å². The molecule has 0 aromatic rings. The molecule has 0 atom stereocenters. The van der Waals surface area contributed by atoms with E-state index in [9.17, 15) is 9.59 Å². The highest BCUT2D eigenvalue weighted by atomic mass is 16.4. The molecule has 0 unspecified atom stereocenters. The Kier molecular flexibility index (Phi) is 3.21. The normalized spacial score (nSPS) is 19.8. The number of piperidine rings is 1. The van der Waals surface area contributed by atoms with Gasteiger partial charge in [0.25, 0.3) is 0 Å². The van der Waals surface area contributed by atoms with Crippen LogP contribution in [-0.4, -0.2) is 52.6 Å². The first-order valence-corrected chi connectivity index (χ1v) is 5.09. The maximum Gasteiger partial charge on any atom is 0.407 e. The summed E-state index contributed by atoms with van der Waals surface area (Å²) < 4.78 is 0. The molecule has 0 saturated carbocycles. The summed E-state index contributed by atoms with van der Waals surface area (Å²) in [7, 11) is 1.78. The maximum atomic E-state index is 11.3. The van der Waals surface area contributed by atoms with E-state index in [2.05, 4.69) is 0 Å². The van der Waals surface area contributed by atoms with Crippen molar-refractivity contribution in [1.82, 2.24) is 9.80 Å². The summed E-state index contributed by atoms with van der Waals surface area (Å²) in [6.45, 7) is 4.55. The maximum absolute atomic E-state index is 11.3. The highest BCUT2D eigenvalue weighted by Crippen LogP contribution is 2.27. The van der Waals surface area contributed by atoms with Gasteiger partial charge in [-0.3, -0.25) is 4.79 Å². The predicted molar refractivity (Wildman–Crippen MR) is 55.7 cm³/mol. The first-order chi connectivity index (χ1) is 6.87. The van der Waals surface area contributed by atoms with E-state index in [1.807, 2.05) is 6.92 Å². The molecule has 0 aliphatic carbocycles. The molecule has 86 valence electrons. The number of amides is 2. The fraction of sp³-hybridized carbons (Fsp3) is 0.800. The molecule has 1 N–H and O–H groups in total. The molecule has 2 amide bonds. The van der Waals surface area contributed by atoms with Crippen LogP contribution < -0.4 is 0 Å². The number of hydrogen-bond acceptors (Lipinski definition) is 2. The van der Waals surface area contributed by atoms with Gasteiger partial charge in [0.1, 0.15) is 0 Å². The van der Waals surface area contributed by atoms with Gasteiger partial charge in [0.2, 0.25) is 5.91 Å². The number of rotatable bonds is 1. The highest BCUT2D eigenvalue weighted by Gasteiger charge is 2.36. The van der Waals surface area contributed by atoms with E-state index in [-0.39, 0.29) is 11.4 Å². The number of carbonyl (C=O) groups excluding carboxylic acids is 1. The number of carbonyl (C=O) groups is 2. The lowest BCUT2D eigenvalue weighted by Crippen LogP contribution is -2.54. The third-order valence-corrected chi connectivity index (χ3v) is 3.39. The van der Waals surface area contributed by atoms with Crippen LogP contribution in [0.15, 0.2) is 0 Å². The molecule has 5 nitrogen and oxygen atoms in total. The van der Waals surface area contributed by atoms with Crippen molar-refractivity contribution in [2.24, 2.45) is 0 Å². The van der Waals surface area contributed by atoms with Gasteiger partial charge < -0.3 is 14.9 Å².